The van der Waals surface area contributed by atoms with Crippen LogP contribution in [-0.2, 0) is 16.1 Å². The number of hydrogen-bond acceptors (Lipinski definition) is 7. The molecule has 0 bridgehead atoms. The summed E-state index contributed by atoms with van der Waals surface area (Å²) < 4.78 is 10.8. The van der Waals surface area contributed by atoms with Crippen LogP contribution in [0.4, 0.5) is 11.6 Å². The summed E-state index contributed by atoms with van der Waals surface area (Å²) in [5, 5.41) is 0.438. The summed E-state index contributed by atoms with van der Waals surface area (Å²) in [6.45, 7) is 2.20. The maximum Gasteiger partial charge on any atom is 0.260 e. The lowest BCUT2D eigenvalue weighted by Gasteiger charge is -2.20. The highest BCUT2D eigenvalue weighted by Crippen LogP contribution is 2.35. The summed E-state index contributed by atoms with van der Waals surface area (Å²) in [7, 11) is 4.86. The quantitative estimate of drug-likeness (QED) is 0.592. The smallest absolute Gasteiger partial charge is 0.260 e. The lowest BCUT2D eigenvalue weighted by atomic mass is 10.1. The molecular weight excluding hydrogens is 412 g/mol. The third-order valence-corrected chi connectivity index (χ3v) is 5.57. The van der Waals surface area contributed by atoms with Gasteiger partial charge in [0.15, 0.2) is 11.5 Å². The lowest BCUT2D eigenvalue weighted by molar-refractivity contribution is -0.121. The number of methoxy groups -OCH3 is 2. The zero-order valence-corrected chi connectivity index (χ0v) is 18.4. The molecule has 166 valence electrons. The highest BCUT2D eigenvalue weighted by atomic mass is 16.5. The van der Waals surface area contributed by atoms with Crippen molar-refractivity contribution in [2.75, 3.05) is 31.1 Å². The molecule has 9 heteroatoms. The Bertz CT molecular complexity index is 1270. The Labute approximate surface area is 184 Å². The molecule has 0 spiro atoms. The third kappa shape index (κ3) is 3.66. The molecule has 1 aliphatic heterocycles. The second kappa shape index (κ2) is 8.33. The molecule has 2 heterocycles. The lowest BCUT2D eigenvalue weighted by Crippen LogP contribution is -2.28. The monoisotopic (exact) mass is 436 g/mol. The van der Waals surface area contributed by atoms with Gasteiger partial charge in [0.1, 0.15) is 0 Å². The van der Waals surface area contributed by atoms with Crippen molar-refractivity contribution in [3.8, 4) is 11.5 Å². The van der Waals surface area contributed by atoms with Gasteiger partial charge in [0.25, 0.3) is 5.56 Å². The maximum atomic E-state index is 12.8. The van der Waals surface area contributed by atoms with Gasteiger partial charge in [-0.3, -0.25) is 24.3 Å². The fourth-order valence-corrected chi connectivity index (χ4v) is 4.03. The van der Waals surface area contributed by atoms with E-state index in [0.29, 0.717) is 46.1 Å². The summed E-state index contributed by atoms with van der Waals surface area (Å²) in [5.74, 6) is 0.988. The van der Waals surface area contributed by atoms with Crippen LogP contribution >= 0.6 is 0 Å². The molecule has 9 nitrogen and oxygen atoms in total. The number of rotatable bonds is 6. The van der Waals surface area contributed by atoms with Crippen LogP contribution in [0.3, 0.4) is 0 Å². The van der Waals surface area contributed by atoms with E-state index in [1.54, 1.807) is 43.1 Å². The number of aromatic amines is 1. The highest BCUT2D eigenvalue weighted by molar-refractivity contribution is 6.19. The van der Waals surface area contributed by atoms with Gasteiger partial charge in [0.2, 0.25) is 17.8 Å². The van der Waals surface area contributed by atoms with Crippen LogP contribution < -0.4 is 24.8 Å². The largest absolute Gasteiger partial charge is 0.493 e. The van der Waals surface area contributed by atoms with Gasteiger partial charge in [-0.2, -0.15) is 0 Å². The molecule has 0 saturated carbocycles. The number of nitrogens with one attached hydrogen (secondary N) is 1. The molecule has 4 rings (SSSR count). The second-order valence-corrected chi connectivity index (χ2v) is 7.67. The summed E-state index contributed by atoms with van der Waals surface area (Å²) in [5.41, 5.74) is 2.28. The van der Waals surface area contributed by atoms with Crippen LogP contribution in [0.2, 0.25) is 0 Å². The molecule has 0 unspecified atom stereocenters. The molecule has 1 aliphatic rings. The Kier molecular flexibility index (Phi) is 5.56. The van der Waals surface area contributed by atoms with Crippen molar-refractivity contribution in [2.24, 2.45) is 0 Å². The number of anilines is 2. The predicted octanol–water partition coefficient (Wildman–Crippen LogP) is 2.54. The Morgan fingerprint density at radius 2 is 1.81 bits per heavy atom. The molecule has 2 amide bonds. The minimum Gasteiger partial charge on any atom is -0.493 e. The van der Waals surface area contributed by atoms with Gasteiger partial charge in [-0.15, -0.1) is 0 Å². The molecule has 0 aliphatic carbocycles. The molecule has 1 aromatic heterocycles. The van der Waals surface area contributed by atoms with E-state index in [4.69, 9.17) is 9.47 Å². The van der Waals surface area contributed by atoms with Crippen LogP contribution in [0.1, 0.15) is 24.0 Å². The van der Waals surface area contributed by atoms with Crippen molar-refractivity contribution in [3.63, 3.8) is 0 Å². The number of aromatic nitrogens is 2. The number of amides is 2. The number of ether oxygens (including phenoxy) is 2. The second-order valence-electron chi connectivity index (χ2n) is 7.67. The van der Waals surface area contributed by atoms with Gasteiger partial charge in [0, 0.05) is 38.1 Å². The summed E-state index contributed by atoms with van der Waals surface area (Å²) in [6, 6.07) is 8.91. The molecule has 3 aromatic rings. The van der Waals surface area contributed by atoms with E-state index in [9.17, 15) is 14.4 Å². The van der Waals surface area contributed by atoms with E-state index in [0.717, 1.165) is 5.56 Å². The van der Waals surface area contributed by atoms with E-state index in [2.05, 4.69) is 9.97 Å². The number of carbonyl (C=O) groups excluding carboxylic acids is 2. The van der Waals surface area contributed by atoms with Gasteiger partial charge >= 0.3 is 0 Å². The molecule has 32 heavy (non-hydrogen) atoms. The van der Waals surface area contributed by atoms with Crippen molar-refractivity contribution in [2.45, 2.75) is 26.3 Å². The molecule has 1 N–H and O–H groups in total. The van der Waals surface area contributed by atoms with Crippen LogP contribution in [0.5, 0.6) is 11.5 Å². The van der Waals surface area contributed by atoms with Crippen molar-refractivity contribution in [1.82, 2.24) is 9.97 Å². The van der Waals surface area contributed by atoms with Crippen LogP contribution in [0.15, 0.2) is 35.1 Å². The minimum absolute atomic E-state index is 0.194. The van der Waals surface area contributed by atoms with Crippen LogP contribution in [0, 0.1) is 6.92 Å². The number of benzene rings is 2. The molecule has 0 radical (unpaired) electrons. The van der Waals surface area contributed by atoms with E-state index < -0.39 is 0 Å². The number of H-pyrrole nitrogens is 1. The summed E-state index contributed by atoms with van der Waals surface area (Å²) >= 11 is 0. The number of fused-ring (bicyclic) bond motifs is 1. The van der Waals surface area contributed by atoms with Crippen molar-refractivity contribution >= 4 is 34.4 Å². The average molecular weight is 436 g/mol. The Balaban J connectivity index is 1.67. The first-order valence-electron chi connectivity index (χ1n) is 10.2. The van der Waals surface area contributed by atoms with Gasteiger partial charge in [-0.25, -0.2) is 4.98 Å². The van der Waals surface area contributed by atoms with E-state index in [1.807, 2.05) is 6.07 Å². The van der Waals surface area contributed by atoms with Crippen molar-refractivity contribution < 1.29 is 19.1 Å². The summed E-state index contributed by atoms with van der Waals surface area (Å²) in [4.78, 5) is 47.4. The first kappa shape index (κ1) is 21.4. The third-order valence-electron chi connectivity index (χ3n) is 5.57. The molecule has 1 fully saturated rings. The molecule has 1 saturated heterocycles. The van der Waals surface area contributed by atoms with Crippen molar-refractivity contribution in [3.05, 3.63) is 51.8 Å². The minimum atomic E-state index is -0.280. The molecule has 0 atom stereocenters. The fraction of sp³-hybridized carbons (Fsp3) is 0.304. The Morgan fingerprint density at radius 3 is 2.47 bits per heavy atom. The number of aryl methyl sites for hydroxylation is 1. The van der Waals surface area contributed by atoms with Crippen LogP contribution in [0.25, 0.3) is 10.9 Å². The number of nitrogens with zero attached hydrogens (tertiary/aromatic N) is 3. The Morgan fingerprint density at radius 1 is 1.09 bits per heavy atom. The average Bonchev–Trinajstić information content (AvgIpc) is 3.11. The first-order chi connectivity index (χ1) is 15.3. The topological polar surface area (TPSA) is 105 Å². The normalized spacial score (nSPS) is 13.7. The van der Waals surface area contributed by atoms with E-state index in [1.165, 1.54) is 19.1 Å². The zero-order chi connectivity index (χ0) is 23.0. The highest BCUT2D eigenvalue weighted by Gasteiger charge is 2.30. The van der Waals surface area contributed by atoms with Gasteiger partial charge < -0.3 is 14.4 Å². The van der Waals surface area contributed by atoms with Crippen molar-refractivity contribution in [1.29, 1.82) is 0 Å². The van der Waals surface area contributed by atoms with E-state index >= 15 is 0 Å². The Hall–Kier alpha value is -3.88. The number of imide groups is 1. The molecular formula is C23H24N4O5. The standard InChI is InChI=1S/C23H24N4O5/c1-13-20-16(11-17(31-3)21(13)32-4)24-23(25-22(20)30)26(2)12-14-6-5-7-15(10-14)27-18(28)8-9-19(27)29/h5-7,10-11H,8-9,12H2,1-4H3,(H,24,25,30). The SMILES string of the molecule is COc1cc2nc(N(C)Cc3cccc(N4C(=O)CCC4=O)c3)[nH]c(=O)c2c(C)c1OC. The van der Waals surface area contributed by atoms with Gasteiger partial charge in [-0.1, -0.05) is 12.1 Å². The maximum absolute atomic E-state index is 12.8. The van der Waals surface area contributed by atoms with Crippen LogP contribution in [-0.4, -0.2) is 43.0 Å². The first-order valence-corrected chi connectivity index (χ1v) is 10.2. The van der Waals surface area contributed by atoms with Gasteiger partial charge in [-0.05, 0) is 24.6 Å². The van der Waals surface area contributed by atoms with E-state index in [-0.39, 0.29) is 30.2 Å². The van der Waals surface area contributed by atoms with Gasteiger partial charge in [0.05, 0.1) is 30.8 Å². The molecule has 2 aromatic carbocycles. The summed E-state index contributed by atoms with van der Waals surface area (Å²) in [6.07, 6.45) is 0.470. The number of hydrogen-bond donors (Lipinski definition) is 1. The zero-order valence-electron chi connectivity index (χ0n) is 18.4. The fourth-order valence-electron chi connectivity index (χ4n) is 4.03. The number of carbonyl (C=O) groups is 2. The predicted molar refractivity (Wildman–Crippen MR) is 120 cm³/mol.